The van der Waals surface area contributed by atoms with Gasteiger partial charge in [0.25, 0.3) is 0 Å². The number of ether oxygens (including phenoxy) is 2. The Kier molecular flexibility index (Phi) is 4.42. The third-order valence-corrected chi connectivity index (χ3v) is 6.29. The van der Waals surface area contributed by atoms with E-state index in [0.29, 0.717) is 29.8 Å². The van der Waals surface area contributed by atoms with Crippen LogP contribution in [-0.4, -0.2) is 47.4 Å². The molecule has 5 rings (SSSR count). The zero-order valence-electron chi connectivity index (χ0n) is 15.2. The van der Waals surface area contributed by atoms with Crippen molar-refractivity contribution in [1.82, 2.24) is 9.88 Å². The second kappa shape index (κ2) is 6.98. The molecule has 148 valence electrons. The van der Waals surface area contributed by atoms with Gasteiger partial charge < -0.3 is 9.47 Å². The fraction of sp³-hybridized carbons (Fsp3) is 0.250. The molecule has 0 amide bonds. The van der Waals surface area contributed by atoms with E-state index in [1.807, 2.05) is 48.5 Å². The van der Waals surface area contributed by atoms with Gasteiger partial charge in [-0.15, -0.1) is 0 Å². The first-order valence-corrected chi connectivity index (χ1v) is 10.3. The molecule has 7 nitrogen and oxygen atoms in total. The van der Waals surface area contributed by atoms with Crippen molar-refractivity contribution in [2.45, 2.75) is 12.5 Å². The molecule has 2 saturated heterocycles. The first-order chi connectivity index (χ1) is 14.0. The van der Waals surface area contributed by atoms with Crippen molar-refractivity contribution < 1.29 is 19.1 Å². The van der Waals surface area contributed by atoms with Gasteiger partial charge in [-0.1, -0.05) is 47.2 Å². The van der Waals surface area contributed by atoms with Crippen molar-refractivity contribution in [2.75, 3.05) is 24.5 Å². The third kappa shape index (κ3) is 3.33. The minimum atomic E-state index is -1.51. The lowest BCUT2D eigenvalue weighted by atomic mass is 10.2. The van der Waals surface area contributed by atoms with Gasteiger partial charge in [-0.2, -0.15) is 0 Å². The lowest BCUT2D eigenvalue weighted by Gasteiger charge is -2.44. The molecule has 1 spiro atoms. The van der Waals surface area contributed by atoms with Crippen LogP contribution >= 0.6 is 22.9 Å². The number of thiazole rings is 1. The quantitative estimate of drug-likeness (QED) is 0.468. The number of benzene rings is 2. The number of fused-ring (bicyclic) bond motifs is 1. The van der Waals surface area contributed by atoms with E-state index in [2.05, 4.69) is 9.88 Å². The van der Waals surface area contributed by atoms with Crippen LogP contribution in [0.3, 0.4) is 0 Å². The molecule has 2 aliphatic rings. The Labute approximate surface area is 175 Å². The highest BCUT2D eigenvalue weighted by Gasteiger charge is 2.57. The lowest BCUT2D eigenvalue weighted by Crippen LogP contribution is -2.63. The highest BCUT2D eigenvalue weighted by atomic mass is 35.5. The maximum atomic E-state index is 11.9. The van der Waals surface area contributed by atoms with Gasteiger partial charge in [0.2, 0.25) is 0 Å². The van der Waals surface area contributed by atoms with Crippen LogP contribution in [0.2, 0.25) is 5.02 Å². The Balaban J connectivity index is 1.45. The predicted octanol–water partition coefficient (Wildman–Crippen LogP) is 3.03. The molecule has 0 unspecified atom stereocenters. The number of aromatic nitrogens is 1. The summed E-state index contributed by atoms with van der Waals surface area (Å²) in [7, 11) is 0. The predicted molar refractivity (Wildman–Crippen MR) is 109 cm³/mol. The summed E-state index contributed by atoms with van der Waals surface area (Å²) >= 11 is 7.44. The second-order valence-electron chi connectivity index (χ2n) is 6.94. The van der Waals surface area contributed by atoms with E-state index in [9.17, 15) is 9.59 Å². The second-order valence-corrected chi connectivity index (χ2v) is 8.39. The molecular formula is C20H16ClN3O4S. The molecule has 0 N–H and O–H groups in total. The molecule has 0 saturated carbocycles. The number of carbonyl (C=O) groups excluding carboxylic acids is 2. The fourth-order valence-electron chi connectivity index (χ4n) is 3.63. The van der Waals surface area contributed by atoms with E-state index in [1.165, 1.54) is 11.3 Å². The van der Waals surface area contributed by atoms with E-state index in [4.69, 9.17) is 21.1 Å². The topological polar surface area (TPSA) is 72.0 Å². The summed E-state index contributed by atoms with van der Waals surface area (Å²) in [4.78, 5) is 32.4. The van der Waals surface area contributed by atoms with Crippen molar-refractivity contribution in [3.05, 3.63) is 59.1 Å². The zero-order chi connectivity index (χ0) is 20.0. The van der Waals surface area contributed by atoms with Crippen molar-refractivity contribution in [2.24, 2.45) is 0 Å². The molecule has 0 bridgehead atoms. The number of nitrogens with zero attached hydrogens (tertiary/aromatic N) is 3. The molecule has 9 heteroatoms. The van der Waals surface area contributed by atoms with Gasteiger partial charge in [0.05, 0.1) is 16.8 Å². The van der Waals surface area contributed by atoms with Gasteiger partial charge >= 0.3 is 17.8 Å². The highest BCUT2D eigenvalue weighted by molar-refractivity contribution is 7.22. The molecule has 29 heavy (non-hydrogen) atoms. The van der Waals surface area contributed by atoms with Crippen LogP contribution in [0.4, 0.5) is 5.13 Å². The van der Waals surface area contributed by atoms with Crippen LogP contribution in [0.1, 0.15) is 5.56 Å². The molecular weight excluding hydrogens is 414 g/mol. The largest absolute Gasteiger partial charge is 0.422 e. The minimum Gasteiger partial charge on any atom is -0.394 e. The standard InChI is InChI=1S/C20H16ClN3O4S/c21-14-7-5-13(6-8-14)11-23-9-10-24(20(12-23)27-17(25)18(26)28-20)19-22-15-3-1-2-4-16(15)29-19/h1-8H,9-12H2. The molecule has 3 aromatic rings. The Morgan fingerprint density at radius 2 is 1.76 bits per heavy atom. The maximum absolute atomic E-state index is 11.9. The fourth-order valence-corrected chi connectivity index (χ4v) is 4.80. The lowest BCUT2D eigenvalue weighted by molar-refractivity contribution is -0.193. The highest BCUT2D eigenvalue weighted by Crippen LogP contribution is 2.38. The summed E-state index contributed by atoms with van der Waals surface area (Å²) in [5.41, 5.74) is 1.91. The first kappa shape index (κ1) is 18.4. The number of anilines is 1. The number of carbonyl (C=O) groups is 2. The number of esters is 2. The monoisotopic (exact) mass is 429 g/mol. The van der Waals surface area contributed by atoms with E-state index in [0.717, 1.165) is 15.8 Å². The summed E-state index contributed by atoms with van der Waals surface area (Å²) < 4.78 is 12.0. The van der Waals surface area contributed by atoms with E-state index in [1.54, 1.807) is 4.90 Å². The Bertz CT molecular complexity index is 1050. The summed E-state index contributed by atoms with van der Waals surface area (Å²) in [5, 5.41) is 1.32. The number of piperazine rings is 1. The van der Waals surface area contributed by atoms with Crippen LogP contribution in [0.25, 0.3) is 10.2 Å². The van der Waals surface area contributed by atoms with E-state index < -0.39 is 17.8 Å². The molecule has 0 atom stereocenters. The Morgan fingerprint density at radius 3 is 2.48 bits per heavy atom. The van der Waals surface area contributed by atoms with Gasteiger partial charge in [-0.05, 0) is 29.8 Å². The number of hydrogen-bond acceptors (Lipinski definition) is 8. The first-order valence-electron chi connectivity index (χ1n) is 9.09. The number of halogens is 1. The van der Waals surface area contributed by atoms with Crippen LogP contribution < -0.4 is 4.90 Å². The Morgan fingerprint density at radius 1 is 1.03 bits per heavy atom. The van der Waals surface area contributed by atoms with E-state index in [-0.39, 0.29) is 6.54 Å². The number of rotatable bonds is 3. The third-order valence-electron chi connectivity index (χ3n) is 4.98. The summed E-state index contributed by atoms with van der Waals surface area (Å²) in [6.45, 7) is 2.02. The summed E-state index contributed by atoms with van der Waals surface area (Å²) in [6.07, 6.45) is 0. The number of hydrogen-bond donors (Lipinski definition) is 0. The molecule has 0 radical (unpaired) electrons. The summed E-state index contributed by atoms with van der Waals surface area (Å²) in [5.74, 6) is -3.47. The van der Waals surface area contributed by atoms with Crippen molar-refractivity contribution >= 4 is 50.2 Å². The molecule has 2 fully saturated rings. The molecule has 0 aliphatic carbocycles. The van der Waals surface area contributed by atoms with Crippen molar-refractivity contribution in [3.8, 4) is 0 Å². The molecule has 2 aliphatic heterocycles. The average molecular weight is 430 g/mol. The van der Waals surface area contributed by atoms with Gasteiger partial charge in [0.1, 0.15) is 0 Å². The smallest absolute Gasteiger partial charge is 0.394 e. The van der Waals surface area contributed by atoms with E-state index >= 15 is 0 Å². The molecule has 2 aromatic carbocycles. The van der Waals surface area contributed by atoms with Gasteiger partial charge in [0, 0.05) is 24.7 Å². The van der Waals surface area contributed by atoms with Crippen LogP contribution in [0.15, 0.2) is 48.5 Å². The maximum Gasteiger partial charge on any atom is 0.422 e. The Hall–Kier alpha value is -2.68. The van der Waals surface area contributed by atoms with Gasteiger partial charge in [0.15, 0.2) is 5.13 Å². The SMILES string of the molecule is O=C1OC2(CN(Cc3ccc(Cl)cc3)CCN2c2nc3ccccc3s2)OC1=O. The van der Waals surface area contributed by atoms with Gasteiger partial charge in [-0.3, -0.25) is 9.80 Å². The molecule has 3 heterocycles. The molecule has 1 aromatic heterocycles. The zero-order valence-corrected chi connectivity index (χ0v) is 16.8. The normalized spacial score (nSPS) is 19.0. The minimum absolute atomic E-state index is 0.225. The number of para-hydroxylation sites is 1. The van der Waals surface area contributed by atoms with Crippen molar-refractivity contribution in [3.63, 3.8) is 0 Å². The van der Waals surface area contributed by atoms with Crippen LogP contribution in [-0.2, 0) is 25.6 Å². The van der Waals surface area contributed by atoms with Crippen LogP contribution in [0.5, 0.6) is 0 Å². The average Bonchev–Trinajstić information content (AvgIpc) is 3.24. The summed E-state index contributed by atoms with van der Waals surface area (Å²) in [6, 6.07) is 15.3. The van der Waals surface area contributed by atoms with Crippen LogP contribution in [0, 0.1) is 0 Å². The van der Waals surface area contributed by atoms with Crippen molar-refractivity contribution in [1.29, 1.82) is 0 Å². The van der Waals surface area contributed by atoms with Gasteiger partial charge in [-0.25, -0.2) is 14.6 Å².